The van der Waals surface area contributed by atoms with E-state index < -0.39 is 15.1 Å². The molecule has 1 rings (SSSR count). The molecule has 84 valence electrons. The molecule has 0 spiro atoms. The van der Waals surface area contributed by atoms with Gasteiger partial charge in [-0.25, -0.2) is 8.42 Å². The molecule has 0 radical (unpaired) electrons. The van der Waals surface area contributed by atoms with Crippen LogP contribution in [0.3, 0.4) is 0 Å². The van der Waals surface area contributed by atoms with Crippen molar-refractivity contribution < 1.29 is 8.42 Å². The molecular formula is C10H14ClNO2S. The number of hydrogen-bond acceptors (Lipinski definition) is 3. The van der Waals surface area contributed by atoms with E-state index in [1.807, 2.05) is 0 Å². The zero-order valence-corrected chi connectivity index (χ0v) is 10.1. The Hall–Kier alpha value is -0.580. The minimum atomic E-state index is -3.26. The lowest BCUT2D eigenvalue weighted by Crippen LogP contribution is -2.21. The first-order valence-electron chi connectivity index (χ1n) is 4.68. The van der Waals surface area contributed by atoms with Gasteiger partial charge in [-0.15, -0.1) is 0 Å². The summed E-state index contributed by atoms with van der Waals surface area (Å²) >= 11 is 5.69. The Morgan fingerprint density at radius 1 is 1.33 bits per heavy atom. The summed E-state index contributed by atoms with van der Waals surface area (Å²) in [6.07, 6.45) is 0.463. The van der Waals surface area contributed by atoms with Gasteiger partial charge in [-0.05, 0) is 44.2 Å². The van der Waals surface area contributed by atoms with Crippen LogP contribution in [0.1, 0.15) is 13.3 Å². The van der Waals surface area contributed by atoms with E-state index in [0.717, 1.165) is 0 Å². The molecule has 0 fully saturated rings. The lowest BCUT2D eigenvalue weighted by atomic mass is 10.3. The lowest BCUT2D eigenvalue weighted by molar-refractivity contribution is 0.578. The zero-order valence-electron chi connectivity index (χ0n) is 8.48. The molecule has 15 heavy (non-hydrogen) atoms. The molecule has 0 bridgehead atoms. The predicted octanol–water partition coefficient (Wildman–Crippen LogP) is 1.85. The number of rotatable bonds is 4. The van der Waals surface area contributed by atoms with Gasteiger partial charge in [0.1, 0.15) is 0 Å². The van der Waals surface area contributed by atoms with Crippen LogP contribution in [0.5, 0.6) is 0 Å². The van der Waals surface area contributed by atoms with Crippen molar-refractivity contribution >= 4 is 21.4 Å². The van der Waals surface area contributed by atoms with Crippen molar-refractivity contribution in [2.75, 3.05) is 6.54 Å². The molecular weight excluding hydrogens is 234 g/mol. The third-order valence-electron chi connectivity index (χ3n) is 2.25. The van der Waals surface area contributed by atoms with E-state index in [9.17, 15) is 8.42 Å². The van der Waals surface area contributed by atoms with E-state index in [1.54, 1.807) is 19.1 Å². The van der Waals surface area contributed by atoms with Crippen molar-refractivity contribution in [3.05, 3.63) is 29.3 Å². The molecule has 0 aliphatic heterocycles. The summed E-state index contributed by atoms with van der Waals surface area (Å²) < 4.78 is 23.9. The highest BCUT2D eigenvalue weighted by Gasteiger charge is 2.22. The third-order valence-corrected chi connectivity index (χ3v) is 4.72. The molecule has 0 saturated heterocycles. The number of benzene rings is 1. The SMILES string of the molecule is CC(CCN)S(=O)(=O)c1ccc(Cl)cc1. The summed E-state index contributed by atoms with van der Waals surface area (Å²) in [4.78, 5) is 0.299. The highest BCUT2D eigenvalue weighted by molar-refractivity contribution is 7.92. The largest absolute Gasteiger partial charge is 0.330 e. The molecule has 0 heterocycles. The Balaban J connectivity index is 3.01. The van der Waals surface area contributed by atoms with E-state index in [0.29, 0.717) is 22.9 Å². The first-order valence-corrected chi connectivity index (χ1v) is 6.60. The molecule has 0 amide bonds. The highest BCUT2D eigenvalue weighted by atomic mass is 35.5. The molecule has 0 saturated carbocycles. The van der Waals surface area contributed by atoms with Gasteiger partial charge in [0.15, 0.2) is 9.84 Å². The first kappa shape index (κ1) is 12.5. The van der Waals surface area contributed by atoms with Crippen LogP contribution in [0.15, 0.2) is 29.2 Å². The summed E-state index contributed by atoms with van der Waals surface area (Å²) in [6.45, 7) is 2.03. The second-order valence-electron chi connectivity index (χ2n) is 3.39. The van der Waals surface area contributed by atoms with Crippen molar-refractivity contribution in [3.8, 4) is 0 Å². The molecule has 5 heteroatoms. The second-order valence-corrected chi connectivity index (χ2v) is 6.19. The fourth-order valence-electron chi connectivity index (χ4n) is 1.25. The molecule has 1 aromatic carbocycles. The predicted molar refractivity (Wildman–Crippen MR) is 61.8 cm³/mol. The van der Waals surface area contributed by atoms with Gasteiger partial charge in [-0.1, -0.05) is 11.6 Å². The van der Waals surface area contributed by atoms with E-state index in [1.165, 1.54) is 12.1 Å². The summed E-state index contributed by atoms with van der Waals surface area (Å²) in [6, 6.07) is 6.18. The van der Waals surface area contributed by atoms with Gasteiger partial charge >= 0.3 is 0 Å². The van der Waals surface area contributed by atoms with E-state index in [2.05, 4.69) is 0 Å². The van der Waals surface area contributed by atoms with Gasteiger partial charge in [0.2, 0.25) is 0 Å². The Bertz CT molecular complexity index is 414. The van der Waals surface area contributed by atoms with Crippen LogP contribution in [-0.2, 0) is 9.84 Å². The summed E-state index contributed by atoms with van der Waals surface area (Å²) in [5, 5.41) is 0.0732. The van der Waals surface area contributed by atoms with E-state index in [4.69, 9.17) is 17.3 Å². The number of sulfone groups is 1. The maximum atomic E-state index is 11.9. The van der Waals surface area contributed by atoms with Crippen molar-refractivity contribution in [1.82, 2.24) is 0 Å². The fraction of sp³-hybridized carbons (Fsp3) is 0.400. The lowest BCUT2D eigenvalue weighted by Gasteiger charge is -2.11. The number of halogens is 1. The van der Waals surface area contributed by atoms with Crippen molar-refractivity contribution in [1.29, 1.82) is 0 Å². The molecule has 1 atom stereocenters. The molecule has 0 aromatic heterocycles. The van der Waals surface area contributed by atoms with Crippen LogP contribution >= 0.6 is 11.6 Å². The van der Waals surface area contributed by atoms with Crippen molar-refractivity contribution in [3.63, 3.8) is 0 Å². The zero-order chi connectivity index (χ0) is 11.5. The average molecular weight is 248 g/mol. The van der Waals surface area contributed by atoms with Gasteiger partial charge in [-0.3, -0.25) is 0 Å². The fourth-order valence-corrected chi connectivity index (χ4v) is 2.80. The minimum Gasteiger partial charge on any atom is -0.330 e. The first-order chi connectivity index (χ1) is 6.98. The molecule has 1 aromatic rings. The van der Waals surface area contributed by atoms with E-state index in [-0.39, 0.29) is 0 Å². The summed E-state index contributed by atoms with van der Waals surface area (Å²) in [5.74, 6) is 0. The average Bonchev–Trinajstić information content (AvgIpc) is 2.18. The topological polar surface area (TPSA) is 60.2 Å². The Labute approximate surface area is 95.2 Å². The van der Waals surface area contributed by atoms with Crippen LogP contribution in [0.2, 0.25) is 5.02 Å². The standard InChI is InChI=1S/C10H14ClNO2S/c1-8(6-7-12)15(13,14)10-4-2-9(11)3-5-10/h2-5,8H,6-7,12H2,1H3. The van der Waals surface area contributed by atoms with Crippen molar-refractivity contribution in [2.45, 2.75) is 23.5 Å². The minimum absolute atomic E-state index is 0.299. The van der Waals surface area contributed by atoms with Crippen LogP contribution in [0.4, 0.5) is 0 Å². The van der Waals surface area contributed by atoms with Gasteiger partial charge in [0, 0.05) is 5.02 Å². The molecule has 2 N–H and O–H groups in total. The van der Waals surface area contributed by atoms with Gasteiger partial charge in [0.05, 0.1) is 10.1 Å². The Kier molecular flexibility index (Phi) is 4.13. The maximum absolute atomic E-state index is 11.9. The summed E-state index contributed by atoms with van der Waals surface area (Å²) in [5.41, 5.74) is 5.34. The second kappa shape index (κ2) is 4.96. The van der Waals surface area contributed by atoms with Crippen LogP contribution in [0.25, 0.3) is 0 Å². The van der Waals surface area contributed by atoms with Gasteiger partial charge in [0.25, 0.3) is 0 Å². The van der Waals surface area contributed by atoms with E-state index >= 15 is 0 Å². The normalized spacial score (nSPS) is 13.8. The van der Waals surface area contributed by atoms with Crippen LogP contribution < -0.4 is 5.73 Å². The number of nitrogens with two attached hydrogens (primary N) is 1. The summed E-state index contributed by atoms with van der Waals surface area (Å²) in [7, 11) is -3.26. The van der Waals surface area contributed by atoms with Crippen LogP contribution in [0, 0.1) is 0 Å². The quantitative estimate of drug-likeness (QED) is 0.883. The monoisotopic (exact) mass is 247 g/mol. The maximum Gasteiger partial charge on any atom is 0.181 e. The van der Waals surface area contributed by atoms with Crippen molar-refractivity contribution in [2.24, 2.45) is 5.73 Å². The molecule has 1 unspecified atom stereocenters. The third kappa shape index (κ3) is 2.93. The Morgan fingerprint density at radius 2 is 1.87 bits per heavy atom. The molecule has 0 aliphatic carbocycles. The van der Waals surface area contributed by atoms with Gasteiger partial charge < -0.3 is 5.73 Å². The smallest absolute Gasteiger partial charge is 0.181 e. The van der Waals surface area contributed by atoms with Gasteiger partial charge in [-0.2, -0.15) is 0 Å². The molecule has 0 aliphatic rings. The Morgan fingerprint density at radius 3 is 2.33 bits per heavy atom. The highest BCUT2D eigenvalue weighted by Crippen LogP contribution is 2.19. The van der Waals surface area contributed by atoms with Crippen LogP contribution in [-0.4, -0.2) is 20.2 Å². The molecule has 3 nitrogen and oxygen atoms in total. The number of hydrogen-bond donors (Lipinski definition) is 1.